The van der Waals surface area contributed by atoms with Crippen LogP contribution in [-0.4, -0.2) is 41.3 Å². The number of nitro benzene ring substituents is 1. The van der Waals surface area contributed by atoms with Crippen LogP contribution in [-0.2, 0) is 21.0 Å². The third-order valence-corrected chi connectivity index (χ3v) is 5.52. The summed E-state index contributed by atoms with van der Waals surface area (Å²) >= 11 is 0. The molecule has 1 aliphatic rings. The maximum Gasteiger partial charge on any atom is 0.417 e. The van der Waals surface area contributed by atoms with Crippen LogP contribution in [0.1, 0.15) is 18.4 Å². The van der Waals surface area contributed by atoms with Crippen molar-refractivity contribution in [3.05, 3.63) is 33.9 Å². The van der Waals surface area contributed by atoms with E-state index in [0.29, 0.717) is 16.4 Å². The number of hydrogen-bond donors (Lipinski definition) is 1. The molecule has 0 radical (unpaired) electrons. The number of carboxylic acids is 1. The van der Waals surface area contributed by atoms with Crippen LogP contribution in [0.3, 0.4) is 0 Å². The minimum atomic E-state index is -5.16. The van der Waals surface area contributed by atoms with E-state index >= 15 is 0 Å². The predicted molar refractivity (Wildman–Crippen MR) is 72.6 cm³/mol. The number of benzene rings is 1. The average Bonchev–Trinajstić information content (AvgIpc) is 2.96. The molecule has 0 bridgehead atoms. The van der Waals surface area contributed by atoms with Gasteiger partial charge in [-0.2, -0.15) is 17.5 Å². The van der Waals surface area contributed by atoms with Gasteiger partial charge in [-0.15, -0.1) is 0 Å². The van der Waals surface area contributed by atoms with Gasteiger partial charge >= 0.3 is 12.1 Å². The second kappa shape index (κ2) is 6.02. The number of non-ortho nitro benzene ring substituents is 1. The SMILES string of the molecule is O=C(O)[C@@H]1CCCN1S(=O)(=O)c1ccc([N+](=O)[O-])cc1C(F)(F)F. The quantitative estimate of drug-likeness (QED) is 0.640. The van der Waals surface area contributed by atoms with Crippen LogP contribution in [0, 0.1) is 10.1 Å². The molecule has 0 amide bonds. The molecule has 1 fully saturated rings. The van der Waals surface area contributed by atoms with Gasteiger partial charge in [-0.3, -0.25) is 14.9 Å². The molecule has 1 atom stereocenters. The zero-order valence-electron chi connectivity index (χ0n) is 11.9. The van der Waals surface area contributed by atoms with Gasteiger partial charge in [0.1, 0.15) is 6.04 Å². The Bertz CT molecular complexity index is 792. The second-order valence-corrected chi connectivity index (χ2v) is 6.91. The van der Waals surface area contributed by atoms with Crippen LogP contribution in [0.5, 0.6) is 0 Å². The molecule has 1 N–H and O–H groups in total. The maximum absolute atomic E-state index is 13.1. The summed E-state index contributed by atoms with van der Waals surface area (Å²) in [6.45, 7) is -0.242. The normalized spacial score (nSPS) is 19.4. The largest absolute Gasteiger partial charge is 0.480 e. The smallest absolute Gasteiger partial charge is 0.417 e. The fourth-order valence-electron chi connectivity index (χ4n) is 2.48. The van der Waals surface area contributed by atoms with Crippen LogP contribution in [0.25, 0.3) is 0 Å². The summed E-state index contributed by atoms with van der Waals surface area (Å²) in [6.07, 6.45) is -5.00. The van der Waals surface area contributed by atoms with Crippen LogP contribution in [0.15, 0.2) is 23.1 Å². The highest BCUT2D eigenvalue weighted by atomic mass is 32.2. The molecule has 1 aromatic rings. The Hall–Kier alpha value is -2.21. The summed E-state index contributed by atoms with van der Waals surface area (Å²) in [5, 5.41) is 19.7. The summed E-state index contributed by atoms with van der Waals surface area (Å²) in [6, 6.07) is -0.230. The van der Waals surface area contributed by atoms with Crippen molar-refractivity contribution in [2.45, 2.75) is 30.0 Å². The third-order valence-electron chi connectivity index (χ3n) is 3.55. The van der Waals surface area contributed by atoms with Crippen molar-refractivity contribution in [3.63, 3.8) is 0 Å². The molecule has 0 aromatic heterocycles. The summed E-state index contributed by atoms with van der Waals surface area (Å²) < 4.78 is 64.9. The van der Waals surface area contributed by atoms with E-state index in [1.54, 1.807) is 0 Å². The van der Waals surface area contributed by atoms with Crippen LogP contribution in [0.2, 0.25) is 0 Å². The molecular weight excluding hydrogens is 357 g/mol. The van der Waals surface area contributed by atoms with E-state index in [1.165, 1.54) is 0 Å². The van der Waals surface area contributed by atoms with Gasteiger partial charge in [0.25, 0.3) is 5.69 Å². The van der Waals surface area contributed by atoms with E-state index in [9.17, 15) is 36.5 Å². The zero-order chi connectivity index (χ0) is 18.3. The first-order chi connectivity index (χ1) is 11.0. The molecule has 0 spiro atoms. The van der Waals surface area contributed by atoms with Gasteiger partial charge in [-0.25, -0.2) is 8.42 Å². The highest BCUT2D eigenvalue weighted by Crippen LogP contribution is 2.38. The molecular formula is C12H11F3N2O6S. The van der Waals surface area contributed by atoms with E-state index < -0.39 is 49.3 Å². The van der Waals surface area contributed by atoms with E-state index in [0.717, 1.165) is 0 Å². The van der Waals surface area contributed by atoms with Crippen LogP contribution in [0.4, 0.5) is 18.9 Å². The predicted octanol–water partition coefficient (Wildman–Crippen LogP) is 1.85. The summed E-state index contributed by atoms with van der Waals surface area (Å²) in [5.74, 6) is -1.47. The molecule has 1 aliphatic heterocycles. The van der Waals surface area contributed by atoms with Crippen molar-refractivity contribution in [3.8, 4) is 0 Å². The number of carbonyl (C=O) groups is 1. The Morgan fingerprint density at radius 1 is 1.38 bits per heavy atom. The van der Waals surface area contributed by atoms with E-state index in [4.69, 9.17) is 5.11 Å². The van der Waals surface area contributed by atoms with Crippen LogP contribution < -0.4 is 0 Å². The number of nitrogens with zero attached hydrogens (tertiary/aromatic N) is 2. The van der Waals surface area contributed by atoms with E-state index in [1.807, 2.05) is 0 Å². The molecule has 8 nitrogen and oxygen atoms in total. The lowest BCUT2D eigenvalue weighted by molar-refractivity contribution is -0.385. The number of sulfonamides is 1. The first kappa shape index (κ1) is 18.1. The lowest BCUT2D eigenvalue weighted by Gasteiger charge is -2.23. The highest BCUT2D eigenvalue weighted by molar-refractivity contribution is 7.89. The molecule has 1 saturated heterocycles. The Balaban J connectivity index is 2.62. The van der Waals surface area contributed by atoms with Gasteiger partial charge in [0.05, 0.1) is 15.4 Å². The fraction of sp³-hybridized carbons (Fsp3) is 0.417. The van der Waals surface area contributed by atoms with Crippen molar-refractivity contribution >= 4 is 21.7 Å². The van der Waals surface area contributed by atoms with Gasteiger partial charge in [-0.05, 0) is 18.9 Å². The number of aliphatic carboxylic acids is 1. The molecule has 0 aliphatic carbocycles. The van der Waals surface area contributed by atoms with Gasteiger partial charge < -0.3 is 5.11 Å². The zero-order valence-corrected chi connectivity index (χ0v) is 12.7. The van der Waals surface area contributed by atoms with Crippen molar-refractivity contribution in [2.75, 3.05) is 6.54 Å². The van der Waals surface area contributed by atoms with Crippen LogP contribution >= 0.6 is 0 Å². The summed E-state index contributed by atoms with van der Waals surface area (Å²) in [7, 11) is -4.78. The third kappa shape index (κ3) is 3.19. The molecule has 0 unspecified atom stereocenters. The molecule has 1 aromatic carbocycles. The van der Waals surface area contributed by atoms with Crippen molar-refractivity contribution < 1.29 is 36.4 Å². The average molecular weight is 368 g/mol. The van der Waals surface area contributed by atoms with Gasteiger partial charge in [0, 0.05) is 18.7 Å². The lowest BCUT2D eigenvalue weighted by Crippen LogP contribution is -2.41. The first-order valence-electron chi connectivity index (χ1n) is 6.56. The Kier molecular flexibility index (Phi) is 4.55. The minimum Gasteiger partial charge on any atom is -0.480 e. The summed E-state index contributed by atoms with van der Waals surface area (Å²) in [5.41, 5.74) is -2.62. The maximum atomic E-state index is 13.1. The standard InChI is InChI=1S/C12H11F3N2O6S/c13-12(14,15)8-6-7(17(20)21)3-4-10(8)24(22,23)16-5-1-2-9(16)11(18)19/h3-4,6,9H,1-2,5H2,(H,18,19)/t9-/m0/s1. The van der Waals surface area contributed by atoms with Crippen molar-refractivity contribution in [1.82, 2.24) is 4.31 Å². The van der Waals surface area contributed by atoms with Crippen molar-refractivity contribution in [1.29, 1.82) is 0 Å². The summed E-state index contributed by atoms with van der Waals surface area (Å²) in [4.78, 5) is 19.5. The van der Waals surface area contributed by atoms with Gasteiger partial charge in [0.2, 0.25) is 10.0 Å². The number of halogens is 3. The Morgan fingerprint density at radius 3 is 2.50 bits per heavy atom. The molecule has 132 valence electrons. The second-order valence-electron chi connectivity index (χ2n) is 5.05. The number of nitro groups is 1. The van der Waals surface area contributed by atoms with E-state index in [-0.39, 0.29) is 25.5 Å². The van der Waals surface area contributed by atoms with E-state index in [2.05, 4.69) is 0 Å². The molecule has 24 heavy (non-hydrogen) atoms. The Morgan fingerprint density at radius 2 is 2.00 bits per heavy atom. The number of alkyl halides is 3. The number of rotatable bonds is 4. The molecule has 0 saturated carbocycles. The van der Waals surface area contributed by atoms with Gasteiger partial charge in [-0.1, -0.05) is 0 Å². The number of carboxylic acid groups (broad SMARTS) is 1. The lowest BCUT2D eigenvalue weighted by atomic mass is 10.2. The monoisotopic (exact) mass is 368 g/mol. The molecule has 2 rings (SSSR count). The topological polar surface area (TPSA) is 118 Å². The molecule has 12 heteroatoms. The fourth-order valence-corrected chi connectivity index (χ4v) is 4.32. The minimum absolute atomic E-state index is 0.0249. The number of hydrogen-bond acceptors (Lipinski definition) is 5. The first-order valence-corrected chi connectivity index (χ1v) is 8.00. The Labute approximate surface area is 133 Å². The molecule has 1 heterocycles. The van der Waals surface area contributed by atoms with Crippen molar-refractivity contribution in [2.24, 2.45) is 0 Å². The van der Waals surface area contributed by atoms with Gasteiger partial charge in [0.15, 0.2) is 0 Å². The highest BCUT2D eigenvalue weighted by Gasteiger charge is 2.44.